The van der Waals surface area contributed by atoms with E-state index < -0.39 is 10.0 Å². The molecule has 4 rings (SSSR count). The van der Waals surface area contributed by atoms with Gasteiger partial charge in [0.2, 0.25) is 0 Å². The summed E-state index contributed by atoms with van der Waals surface area (Å²) in [6.45, 7) is 3.62. The standard InChI is InChI=1S/C22H19BrN4O2S/c1-14-11-12-15(2)20(13-14)30(28,29)27-22-21(24-17-8-4-3-7-16(17)23)25-18-9-5-6-10-19(18)26-22/h3-13H,1-2H3,(H,24,25)(H,26,27). The molecule has 6 nitrogen and oxygen atoms in total. The predicted molar refractivity (Wildman–Crippen MR) is 124 cm³/mol. The number of hydrogen-bond acceptors (Lipinski definition) is 5. The van der Waals surface area contributed by atoms with Crippen LogP contribution in [0.1, 0.15) is 11.1 Å². The van der Waals surface area contributed by atoms with Crippen molar-refractivity contribution in [3.63, 3.8) is 0 Å². The smallest absolute Gasteiger partial charge is 0.263 e. The molecule has 0 spiro atoms. The molecule has 0 unspecified atom stereocenters. The maximum absolute atomic E-state index is 13.2. The third kappa shape index (κ3) is 4.15. The minimum atomic E-state index is -3.86. The van der Waals surface area contributed by atoms with Crippen molar-refractivity contribution in [1.82, 2.24) is 9.97 Å². The highest BCUT2D eigenvalue weighted by molar-refractivity contribution is 9.10. The van der Waals surface area contributed by atoms with E-state index in [1.807, 2.05) is 55.5 Å². The van der Waals surface area contributed by atoms with Gasteiger partial charge in [-0.1, -0.05) is 36.4 Å². The molecule has 8 heteroatoms. The largest absolute Gasteiger partial charge is 0.336 e. The first-order valence-electron chi connectivity index (χ1n) is 9.22. The molecule has 0 atom stereocenters. The number of halogens is 1. The van der Waals surface area contributed by atoms with E-state index in [9.17, 15) is 8.42 Å². The van der Waals surface area contributed by atoms with E-state index in [4.69, 9.17) is 0 Å². The summed E-state index contributed by atoms with van der Waals surface area (Å²) >= 11 is 3.49. The number of para-hydroxylation sites is 3. The van der Waals surface area contributed by atoms with Crippen molar-refractivity contribution < 1.29 is 8.42 Å². The van der Waals surface area contributed by atoms with Crippen LogP contribution in [0.4, 0.5) is 17.3 Å². The summed E-state index contributed by atoms with van der Waals surface area (Å²) in [6, 6.07) is 20.2. The van der Waals surface area contributed by atoms with Gasteiger partial charge in [0.15, 0.2) is 11.6 Å². The summed E-state index contributed by atoms with van der Waals surface area (Å²) in [6.07, 6.45) is 0. The zero-order valence-corrected chi connectivity index (χ0v) is 18.8. The summed E-state index contributed by atoms with van der Waals surface area (Å²) in [5, 5.41) is 3.19. The number of benzene rings is 3. The van der Waals surface area contributed by atoms with Crippen molar-refractivity contribution in [3.8, 4) is 0 Å². The fourth-order valence-electron chi connectivity index (χ4n) is 3.03. The fraction of sp³-hybridized carbons (Fsp3) is 0.0909. The van der Waals surface area contributed by atoms with Gasteiger partial charge in [0.25, 0.3) is 10.0 Å². The van der Waals surface area contributed by atoms with Gasteiger partial charge in [-0.05, 0) is 71.2 Å². The number of hydrogen-bond donors (Lipinski definition) is 2. The first-order valence-corrected chi connectivity index (χ1v) is 11.5. The van der Waals surface area contributed by atoms with Crippen molar-refractivity contribution in [2.45, 2.75) is 18.7 Å². The van der Waals surface area contributed by atoms with Gasteiger partial charge in [-0.15, -0.1) is 0 Å². The number of rotatable bonds is 5. The summed E-state index contributed by atoms with van der Waals surface area (Å²) in [7, 11) is -3.86. The van der Waals surface area contributed by atoms with Crippen LogP contribution >= 0.6 is 15.9 Å². The third-order valence-corrected chi connectivity index (χ3v) is 6.73. The zero-order chi connectivity index (χ0) is 21.3. The van der Waals surface area contributed by atoms with E-state index in [1.54, 1.807) is 25.1 Å². The molecule has 2 N–H and O–H groups in total. The van der Waals surface area contributed by atoms with E-state index in [1.165, 1.54) is 0 Å². The lowest BCUT2D eigenvalue weighted by Crippen LogP contribution is -2.17. The molecule has 0 amide bonds. The Bertz CT molecular complexity index is 1360. The average molecular weight is 483 g/mol. The normalized spacial score (nSPS) is 11.4. The lowest BCUT2D eigenvalue weighted by atomic mass is 10.2. The van der Waals surface area contributed by atoms with Crippen molar-refractivity contribution in [2.75, 3.05) is 10.0 Å². The monoisotopic (exact) mass is 482 g/mol. The number of nitrogens with zero attached hydrogens (tertiary/aromatic N) is 2. The lowest BCUT2D eigenvalue weighted by Gasteiger charge is -2.15. The molecular formula is C22H19BrN4O2S. The first-order chi connectivity index (χ1) is 14.3. The molecule has 0 saturated carbocycles. The van der Waals surface area contributed by atoms with Gasteiger partial charge in [0.05, 0.1) is 21.6 Å². The van der Waals surface area contributed by atoms with Gasteiger partial charge < -0.3 is 5.32 Å². The second-order valence-corrected chi connectivity index (χ2v) is 9.39. The molecule has 1 heterocycles. The molecule has 30 heavy (non-hydrogen) atoms. The van der Waals surface area contributed by atoms with Crippen molar-refractivity contribution in [1.29, 1.82) is 0 Å². The summed E-state index contributed by atoms with van der Waals surface area (Å²) in [4.78, 5) is 9.35. The highest BCUT2D eigenvalue weighted by Gasteiger charge is 2.21. The minimum Gasteiger partial charge on any atom is -0.336 e. The Morgan fingerprint density at radius 3 is 2.17 bits per heavy atom. The van der Waals surface area contributed by atoms with Gasteiger partial charge in [-0.3, -0.25) is 4.72 Å². The van der Waals surface area contributed by atoms with Gasteiger partial charge in [-0.25, -0.2) is 18.4 Å². The Hall–Kier alpha value is -2.97. The zero-order valence-electron chi connectivity index (χ0n) is 16.3. The number of sulfonamides is 1. The van der Waals surface area contributed by atoms with E-state index in [0.717, 1.165) is 15.7 Å². The Balaban J connectivity index is 1.82. The topological polar surface area (TPSA) is 84.0 Å². The minimum absolute atomic E-state index is 0.130. The second kappa shape index (κ2) is 8.04. The molecule has 0 aliphatic carbocycles. The highest BCUT2D eigenvalue weighted by Crippen LogP contribution is 2.30. The van der Waals surface area contributed by atoms with Crippen LogP contribution in [0.5, 0.6) is 0 Å². The van der Waals surface area contributed by atoms with Crippen molar-refractivity contribution >= 4 is 54.3 Å². The van der Waals surface area contributed by atoms with Crippen LogP contribution in [0, 0.1) is 13.8 Å². The number of aromatic nitrogens is 2. The SMILES string of the molecule is Cc1ccc(C)c(S(=O)(=O)Nc2nc3ccccc3nc2Nc2ccccc2Br)c1. The Labute approximate surface area is 183 Å². The molecule has 0 aliphatic rings. The first kappa shape index (κ1) is 20.3. The molecule has 152 valence electrons. The van der Waals surface area contributed by atoms with E-state index >= 15 is 0 Å². The number of anilines is 3. The van der Waals surface area contributed by atoms with Crippen LogP contribution in [0.25, 0.3) is 11.0 Å². The second-order valence-electron chi connectivity index (χ2n) is 6.89. The highest BCUT2D eigenvalue weighted by atomic mass is 79.9. The number of fused-ring (bicyclic) bond motifs is 1. The van der Waals surface area contributed by atoms with E-state index in [2.05, 4.69) is 35.9 Å². The van der Waals surface area contributed by atoms with Crippen LogP contribution < -0.4 is 10.0 Å². The molecule has 0 saturated heterocycles. The molecule has 0 fully saturated rings. The molecule has 0 bridgehead atoms. The van der Waals surface area contributed by atoms with Crippen LogP contribution in [0.2, 0.25) is 0 Å². The molecule has 0 aliphatic heterocycles. The maximum atomic E-state index is 13.2. The van der Waals surface area contributed by atoms with Crippen LogP contribution in [0.3, 0.4) is 0 Å². The summed E-state index contributed by atoms with van der Waals surface area (Å²) < 4.78 is 29.8. The van der Waals surface area contributed by atoms with Crippen molar-refractivity contribution in [3.05, 3.63) is 82.3 Å². The Kier molecular flexibility index (Phi) is 5.44. The predicted octanol–water partition coefficient (Wildman–Crippen LogP) is 5.55. The summed E-state index contributed by atoms with van der Waals surface area (Å²) in [5.74, 6) is 0.444. The Morgan fingerprint density at radius 1 is 0.833 bits per heavy atom. The maximum Gasteiger partial charge on any atom is 0.263 e. The third-order valence-electron chi connectivity index (χ3n) is 4.56. The van der Waals surface area contributed by atoms with Gasteiger partial charge >= 0.3 is 0 Å². The van der Waals surface area contributed by atoms with E-state index in [-0.39, 0.29) is 10.7 Å². The van der Waals surface area contributed by atoms with Crippen LogP contribution in [-0.4, -0.2) is 18.4 Å². The summed E-state index contributed by atoms with van der Waals surface area (Å²) in [5.41, 5.74) is 3.50. The van der Waals surface area contributed by atoms with Crippen molar-refractivity contribution in [2.24, 2.45) is 0 Å². The van der Waals surface area contributed by atoms with Gasteiger partial charge in [0, 0.05) is 4.47 Å². The fourth-order valence-corrected chi connectivity index (χ4v) is 4.75. The molecule has 4 aromatic rings. The molecular weight excluding hydrogens is 464 g/mol. The molecule has 3 aromatic carbocycles. The van der Waals surface area contributed by atoms with E-state index in [0.29, 0.717) is 22.4 Å². The van der Waals surface area contributed by atoms with Gasteiger partial charge in [0.1, 0.15) is 0 Å². The molecule has 1 aromatic heterocycles. The van der Waals surface area contributed by atoms with Gasteiger partial charge in [-0.2, -0.15) is 0 Å². The quantitative estimate of drug-likeness (QED) is 0.389. The van der Waals surface area contributed by atoms with Crippen LogP contribution in [0.15, 0.2) is 76.1 Å². The molecule has 0 radical (unpaired) electrons. The average Bonchev–Trinajstić information content (AvgIpc) is 2.71. The number of nitrogens with one attached hydrogen (secondary N) is 2. The van der Waals surface area contributed by atoms with Crippen LogP contribution in [-0.2, 0) is 10.0 Å². The lowest BCUT2D eigenvalue weighted by molar-refractivity contribution is 0.600. The number of aryl methyl sites for hydroxylation is 2. The Morgan fingerprint density at radius 2 is 1.47 bits per heavy atom.